The van der Waals surface area contributed by atoms with Crippen LogP contribution in [-0.2, 0) is 4.79 Å². The summed E-state index contributed by atoms with van der Waals surface area (Å²) in [5.74, 6) is 0. The van der Waals surface area contributed by atoms with Crippen molar-refractivity contribution < 1.29 is 4.79 Å². The third kappa shape index (κ3) is 2.31. The molecule has 1 saturated heterocycles. The maximum Gasteiger partial charge on any atom is 0.106 e. The lowest BCUT2D eigenvalue weighted by atomic mass is 9.65. The maximum atomic E-state index is 8.00. The van der Waals surface area contributed by atoms with Gasteiger partial charge in [-0.25, -0.2) is 0 Å². The minimum absolute atomic E-state index is 0.584. The molecule has 0 aromatic heterocycles. The van der Waals surface area contributed by atoms with Crippen molar-refractivity contribution in [3.8, 4) is 0 Å². The van der Waals surface area contributed by atoms with Crippen molar-refractivity contribution in [2.24, 2.45) is 10.8 Å². The molecule has 1 saturated carbocycles. The molecular formula is C11H21NO. The Bertz CT molecular complexity index is 191. The Hall–Kier alpha value is -0.370. The summed E-state index contributed by atoms with van der Waals surface area (Å²) >= 11 is 0. The number of carbonyl (C=O) groups excluding carboxylic acids is 1. The summed E-state index contributed by atoms with van der Waals surface area (Å²) in [6.45, 7) is 10.5. The zero-order valence-electron chi connectivity index (χ0n) is 9.02. The van der Waals surface area contributed by atoms with Crippen molar-refractivity contribution in [2.75, 3.05) is 6.54 Å². The molecule has 0 amide bonds. The molecule has 0 radical (unpaired) electrons. The highest BCUT2D eigenvalue weighted by Gasteiger charge is 2.45. The molecule has 1 heterocycles. The van der Waals surface area contributed by atoms with Crippen LogP contribution in [0.5, 0.6) is 0 Å². The Morgan fingerprint density at radius 3 is 2.38 bits per heavy atom. The van der Waals surface area contributed by atoms with Gasteiger partial charge in [0.15, 0.2) is 0 Å². The number of hydrogen-bond acceptors (Lipinski definition) is 2. The minimum Gasteiger partial charge on any atom is -0.313 e. The molecule has 2 atom stereocenters. The van der Waals surface area contributed by atoms with Crippen molar-refractivity contribution in [3.05, 3.63) is 0 Å². The van der Waals surface area contributed by atoms with E-state index in [-0.39, 0.29) is 0 Å². The maximum absolute atomic E-state index is 8.00. The average Bonchev–Trinajstić information content (AvgIpc) is 2.28. The van der Waals surface area contributed by atoms with Gasteiger partial charge in [0, 0.05) is 12.6 Å². The van der Waals surface area contributed by atoms with E-state index in [0.29, 0.717) is 10.8 Å². The monoisotopic (exact) mass is 183 g/mol. The van der Waals surface area contributed by atoms with Crippen molar-refractivity contribution >= 4 is 6.79 Å². The average molecular weight is 183 g/mol. The number of carbonyl (C=O) groups is 1. The quantitative estimate of drug-likeness (QED) is 0.622. The molecule has 1 aliphatic heterocycles. The van der Waals surface area contributed by atoms with Gasteiger partial charge >= 0.3 is 0 Å². The van der Waals surface area contributed by atoms with Crippen molar-refractivity contribution in [1.29, 1.82) is 0 Å². The van der Waals surface area contributed by atoms with E-state index in [1.165, 1.54) is 25.8 Å². The molecule has 0 spiro atoms. The summed E-state index contributed by atoms with van der Waals surface area (Å²) in [6.07, 6.45) is 4.20. The van der Waals surface area contributed by atoms with Crippen LogP contribution >= 0.6 is 0 Å². The highest BCUT2D eigenvalue weighted by molar-refractivity contribution is 5.11. The third-order valence-corrected chi connectivity index (χ3v) is 3.26. The molecule has 2 rings (SSSR count). The highest BCUT2D eigenvalue weighted by Crippen LogP contribution is 2.48. The van der Waals surface area contributed by atoms with Gasteiger partial charge in [-0.3, -0.25) is 0 Å². The van der Waals surface area contributed by atoms with Gasteiger partial charge in [0.05, 0.1) is 0 Å². The van der Waals surface area contributed by atoms with Gasteiger partial charge in [-0.2, -0.15) is 0 Å². The fraction of sp³-hybridized carbons (Fsp3) is 0.909. The van der Waals surface area contributed by atoms with Crippen LogP contribution in [-0.4, -0.2) is 19.4 Å². The van der Waals surface area contributed by atoms with Crippen LogP contribution in [0.1, 0.15) is 40.0 Å². The first-order valence-corrected chi connectivity index (χ1v) is 5.02. The molecule has 2 bridgehead atoms. The van der Waals surface area contributed by atoms with E-state index in [4.69, 9.17) is 4.79 Å². The molecule has 2 aliphatic rings. The van der Waals surface area contributed by atoms with Crippen LogP contribution in [0.4, 0.5) is 0 Å². The Labute approximate surface area is 81.1 Å². The molecule has 1 aliphatic carbocycles. The predicted molar refractivity (Wildman–Crippen MR) is 54.7 cm³/mol. The third-order valence-electron chi connectivity index (χ3n) is 3.26. The second kappa shape index (κ2) is 3.41. The summed E-state index contributed by atoms with van der Waals surface area (Å²) < 4.78 is 0. The Morgan fingerprint density at radius 2 is 1.85 bits per heavy atom. The Morgan fingerprint density at radius 1 is 1.23 bits per heavy atom. The second-order valence-electron chi connectivity index (χ2n) is 5.64. The van der Waals surface area contributed by atoms with Gasteiger partial charge in [0.25, 0.3) is 0 Å². The summed E-state index contributed by atoms with van der Waals surface area (Å²) in [5, 5.41) is 3.61. The largest absolute Gasteiger partial charge is 0.313 e. The fourth-order valence-electron chi connectivity index (χ4n) is 3.30. The van der Waals surface area contributed by atoms with Gasteiger partial charge in [-0.15, -0.1) is 0 Å². The Kier molecular flexibility index (Phi) is 2.81. The van der Waals surface area contributed by atoms with E-state index in [2.05, 4.69) is 26.1 Å². The zero-order valence-corrected chi connectivity index (χ0v) is 9.02. The molecule has 0 aromatic carbocycles. The number of hydrogen-bond donors (Lipinski definition) is 1. The van der Waals surface area contributed by atoms with Gasteiger partial charge in [0.2, 0.25) is 0 Å². The topological polar surface area (TPSA) is 29.1 Å². The summed E-state index contributed by atoms with van der Waals surface area (Å²) in [5.41, 5.74) is 1.20. The van der Waals surface area contributed by atoms with E-state index < -0.39 is 0 Å². The zero-order chi connectivity index (χ0) is 10.1. The molecule has 1 N–H and O–H groups in total. The van der Waals surface area contributed by atoms with E-state index in [0.717, 1.165) is 6.04 Å². The SMILES string of the molecule is C=O.CC1(C)CC2CC(C)(CN2)C1. The number of fused-ring (bicyclic) bond motifs is 2. The van der Waals surface area contributed by atoms with Crippen molar-refractivity contribution in [3.63, 3.8) is 0 Å². The smallest absolute Gasteiger partial charge is 0.106 e. The molecule has 2 heteroatoms. The van der Waals surface area contributed by atoms with Crippen LogP contribution in [0.2, 0.25) is 0 Å². The molecule has 2 nitrogen and oxygen atoms in total. The molecule has 13 heavy (non-hydrogen) atoms. The predicted octanol–water partition coefficient (Wildman–Crippen LogP) is 1.99. The van der Waals surface area contributed by atoms with E-state index in [9.17, 15) is 0 Å². The first kappa shape index (κ1) is 10.7. The summed E-state index contributed by atoms with van der Waals surface area (Å²) in [6, 6.07) is 0.823. The summed E-state index contributed by atoms with van der Waals surface area (Å²) in [4.78, 5) is 8.00. The second-order valence-corrected chi connectivity index (χ2v) is 5.64. The van der Waals surface area contributed by atoms with Crippen LogP contribution in [0.15, 0.2) is 0 Å². The molecule has 2 fully saturated rings. The first-order valence-electron chi connectivity index (χ1n) is 5.02. The van der Waals surface area contributed by atoms with Crippen LogP contribution in [0.3, 0.4) is 0 Å². The summed E-state index contributed by atoms with van der Waals surface area (Å²) in [7, 11) is 0. The van der Waals surface area contributed by atoms with Crippen molar-refractivity contribution in [2.45, 2.75) is 46.1 Å². The van der Waals surface area contributed by atoms with Crippen LogP contribution < -0.4 is 5.32 Å². The molecule has 76 valence electrons. The number of nitrogens with one attached hydrogen (secondary N) is 1. The lowest BCUT2D eigenvalue weighted by molar-refractivity contribution is -0.0979. The lowest BCUT2D eigenvalue weighted by Gasteiger charge is -2.39. The van der Waals surface area contributed by atoms with E-state index >= 15 is 0 Å². The van der Waals surface area contributed by atoms with E-state index in [1.807, 2.05) is 6.79 Å². The van der Waals surface area contributed by atoms with Gasteiger partial charge < -0.3 is 10.1 Å². The highest BCUT2D eigenvalue weighted by atomic mass is 16.1. The number of rotatable bonds is 0. The Balaban J connectivity index is 0.000000396. The standard InChI is InChI=1S/C10H19N.CH2O/c1-9(2)4-8-5-10(3,6-9)7-11-8;1-2/h8,11H,4-7H2,1-3H3;1H2. The van der Waals surface area contributed by atoms with Crippen molar-refractivity contribution in [1.82, 2.24) is 5.32 Å². The fourth-order valence-corrected chi connectivity index (χ4v) is 3.30. The molecular weight excluding hydrogens is 162 g/mol. The molecule has 0 aromatic rings. The lowest BCUT2D eigenvalue weighted by Crippen LogP contribution is -2.33. The van der Waals surface area contributed by atoms with Crippen LogP contribution in [0, 0.1) is 10.8 Å². The van der Waals surface area contributed by atoms with E-state index in [1.54, 1.807) is 0 Å². The van der Waals surface area contributed by atoms with Gasteiger partial charge in [0.1, 0.15) is 6.79 Å². The van der Waals surface area contributed by atoms with Gasteiger partial charge in [-0.05, 0) is 30.1 Å². The normalized spacial score (nSPS) is 40.7. The van der Waals surface area contributed by atoms with Crippen LogP contribution in [0.25, 0.3) is 0 Å². The minimum atomic E-state index is 0.584. The molecule has 2 unspecified atom stereocenters. The van der Waals surface area contributed by atoms with Gasteiger partial charge in [-0.1, -0.05) is 20.8 Å². The first-order chi connectivity index (χ1) is 5.99.